The second kappa shape index (κ2) is 4.89. The van der Waals surface area contributed by atoms with Crippen LogP contribution >= 0.6 is 0 Å². The van der Waals surface area contributed by atoms with Gasteiger partial charge in [0, 0.05) is 24.6 Å². The van der Waals surface area contributed by atoms with Crippen LogP contribution in [0.2, 0.25) is 0 Å². The molecule has 5 nitrogen and oxygen atoms in total. The van der Waals surface area contributed by atoms with Crippen LogP contribution in [0, 0.1) is 0 Å². The lowest BCUT2D eigenvalue weighted by molar-refractivity contribution is 0.660. The highest BCUT2D eigenvalue weighted by molar-refractivity contribution is 5.35. The maximum Gasteiger partial charge on any atom is 0.225 e. The average Bonchev–Trinajstić information content (AvgIpc) is 3.14. The Morgan fingerprint density at radius 3 is 2.80 bits per heavy atom. The number of hydrogen-bond acceptors (Lipinski definition) is 4. The SMILES string of the molecule is c1cnc(N2CCCC2c2nc3c([nH]2)CCCC3)nc1. The van der Waals surface area contributed by atoms with Crippen LogP contribution in [0.3, 0.4) is 0 Å². The van der Waals surface area contributed by atoms with Crippen molar-refractivity contribution in [2.75, 3.05) is 11.4 Å². The fraction of sp³-hybridized carbons (Fsp3) is 0.533. The molecule has 4 rings (SSSR count). The van der Waals surface area contributed by atoms with Crippen molar-refractivity contribution >= 4 is 5.95 Å². The minimum Gasteiger partial charge on any atom is -0.344 e. The van der Waals surface area contributed by atoms with Crippen LogP contribution < -0.4 is 4.90 Å². The molecule has 1 N–H and O–H groups in total. The first-order chi connectivity index (χ1) is 9.92. The molecular formula is C15H19N5. The predicted octanol–water partition coefficient (Wildman–Crippen LogP) is 2.42. The van der Waals surface area contributed by atoms with Gasteiger partial charge in [0.15, 0.2) is 0 Å². The molecule has 5 heteroatoms. The summed E-state index contributed by atoms with van der Waals surface area (Å²) in [6, 6.07) is 2.17. The molecule has 1 saturated heterocycles. The van der Waals surface area contributed by atoms with E-state index in [1.165, 1.54) is 30.7 Å². The number of nitrogens with one attached hydrogen (secondary N) is 1. The highest BCUT2D eigenvalue weighted by Crippen LogP contribution is 2.34. The largest absolute Gasteiger partial charge is 0.344 e. The summed E-state index contributed by atoms with van der Waals surface area (Å²) in [5, 5.41) is 0. The maximum absolute atomic E-state index is 4.86. The normalized spacial score (nSPS) is 22.0. The van der Waals surface area contributed by atoms with Crippen LogP contribution in [-0.4, -0.2) is 26.5 Å². The molecule has 104 valence electrons. The van der Waals surface area contributed by atoms with E-state index in [1.807, 2.05) is 18.5 Å². The third-order valence-corrected chi connectivity index (χ3v) is 4.35. The van der Waals surface area contributed by atoms with Crippen molar-refractivity contribution in [3.63, 3.8) is 0 Å². The van der Waals surface area contributed by atoms with Gasteiger partial charge in [-0.2, -0.15) is 0 Å². The summed E-state index contributed by atoms with van der Waals surface area (Å²) in [5.41, 5.74) is 2.64. The lowest BCUT2D eigenvalue weighted by Crippen LogP contribution is -2.25. The van der Waals surface area contributed by atoms with Crippen molar-refractivity contribution in [2.24, 2.45) is 0 Å². The van der Waals surface area contributed by atoms with Crippen LogP contribution in [0.1, 0.15) is 48.9 Å². The van der Waals surface area contributed by atoms with Gasteiger partial charge in [0.05, 0.1) is 11.7 Å². The molecule has 1 atom stereocenters. The molecule has 0 saturated carbocycles. The number of nitrogens with zero attached hydrogens (tertiary/aromatic N) is 4. The molecule has 0 bridgehead atoms. The zero-order valence-electron chi connectivity index (χ0n) is 11.5. The van der Waals surface area contributed by atoms with Crippen LogP contribution in [0.5, 0.6) is 0 Å². The van der Waals surface area contributed by atoms with Crippen molar-refractivity contribution in [3.8, 4) is 0 Å². The van der Waals surface area contributed by atoms with E-state index >= 15 is 0 Å². The van der Waals surface area contributed by atoms with Crippen LogP contribution in [0.4, 0.5) is 5.95 Å². The first kappa shape index (κ1) is 11.9. The molecule has 1 unspecified atom stereocenters. The van der Waals surface area contributed by atoms with Gasteiger partial charge in [-0.15, -0.1) is 0 Å². The van der Waals surface area contributed by atoms with Crippen LogP contribution in [0.25, 0.3) is 0 Å². The smallest absolute Gasteiger partial charge is 0.225 e. The zero-order chi connectivity index (χ0) is 13.4. The molecule has 0 spiro atoms. The monoisotopic (exact) mass is 269 g/mol. The topological polar surface area (TPSA) is 57.7 Å². The number of anilines is 1. The number of fused-ring (bicyclic) bond motifs is 1. The summed E-state index contributed by atoms with van der Waals surface area (Å²) in [6.45, 7) is 1.01. The van der Waals surface area contributed by atoms with E-state index in [2.05, 4.69) is 19.9 Å². The summed E-state index contributed by atoms with van der Waals surface area (Å²) < 4.78 is 0. The highest BCUT2D eigenvalue weighted by Gasteiger charge is 2.31. The number of aryl methyl sites for hydroxylation is 2. The minimum atomic E-state index is 0.308. The predicted molar refractivity (Wildman–Crippen MR) is 76.6 cm³/mol. The molecule has 1 aliphatic carbocycles. The summed E-state index contributed by atoms with van der Waals surface area (Å²) >= 11 is 0. The molecule has 2 aliphatic rings. The minimum absolute atomic E-state index is 0.308. The van der Waals surface area contributed by atoms with E-state index in [0.29, 0.717) is 6.04 Å². The zero-order valence-corrected chi connectivity index (χ0v) is 11.5. The number of aromatic amines is 1. The third-order valence-electron chi connectivity index (χ3n) is 4.35. The second-order valence-electron chi connectivity index (χ2n) is 5.65. The van der Waals surface area contributed by atoms with E-state index in [9.17, 15) is 0 Å². The molecule has 2 aromatic heterocycles. The molecule has 20 heavy (non-hydrogen) atoms. The number of H-pyrrole nitrogens is 1. The molecule has 2 aromatic rings. The summed E-state index contributed by atoms with van der Waals surface area (Å²) in [6.07, 6.45) is 10.8. The van der Waals surface area contributed by atoms with Gasteiger partial charge in [-0.25, -0.2) is 15.0 Å². The lowest BCUT2D eigenvalue weighted by Gasteiger charge is -2.22. The number of imidazole rings is 1. The van der Waals surface area contributed by atoms with E-state index in [4.69, 9.17) is 4.98 Å². The molecule has 0 radical (unpaired) electrons. The first-order valence-corrected chi connectivity index (χ1v) is 7.53. The standard InChI is InChI=1S/C15H19N5/c1-2-6-12-11(5-1)18-14(19-12)13-7-3-10-20(13)15-16-8-4-9-17-15/h4,8-9,13H,1-3,5-7,10H2,(H,18,19). The Kier molecular flexibility index (Phi) is 2.90. The molecule has 1 aliphatic heterocycles. The fourth-order valence-corrected chi connectivity index (χ4v) is 3.36. The summed E-state index contributed by atoms with van der Waals surface area (Å²) in [7, 11) is 0. The quantitative estimate of drug-likeness (QED) is 0.909. The van der Waals surface area contributed by atoms with Gasteiger partial charge in [0.1, 0.15) is 5.82 Å². The van der Waals surface area contributed by atoms with E-state index in [0.717, 1.165) is 37.6 Å². The number of aromatic nitrogens is 4. The molecule has 0 aromatic carbocycles. The molecule has 3 heterocycles. The van der Waals surface area contributed by atoms with Crippen molar-refractivity contribution in [1.29, 1.82) is 0 Å². The van der Waals surface area contributed by atoms with Crippen molar-refractivity contribution in [1.82, 2.24) is 19.9 Å². The van der Waals surface area contributed by atoms with E-state index in [1.54, 1.807) is 0 Å². The van der Waals surface area contributed by atoms with E-state index in [-0.39, 0.29) is 0 Å². The van der Waals surface area contributed by atoms with Crippen molar-refractivity contribution in [2.45, 2.75) is 44.6 Å². The number of rotatable bonds is 2. The third kappa shape index (κ3) is 1.97. The van der Waals surface area contributed by atoms with Crippen molar-refractivity contribution in [3.05, 3.63) is 35.7 Å². The second-order valence-corrected chi connectivity index (χ2v) is 5.65. The lowest BCUT2D eigenvalue weighted by atomic mass is 10.0. The Morgan fingerprint density at radius 2 is 1.95 bits per heavy atom. The van der Waals surface area contributed by atoms with Gasteiger partial charge in [-0.05, 0) is 44.6 Å². The number of hydrogen-bond donors (Lipinski definition) is 1. The molecule has 1 fully saturated rings. The Morgan fingerprint density at radius 1 is 1.10 bits per heavy atom. The molecule has 0 amide bonds. The maximum atomic E-state index is 4.86. The molecular weight excluding hydrogens is 250 g/mol. The summed E-state index contributed by atoms with van der Waals surface area (Å²) in [4.78, 5) is 19.5. The Balaban J connectivity index is 1.65. The Labute approximate surface area is 118 Å². The van der Waals surface area contributed by atoms with Gasteiger partial charge >= 0.3 is 0 Å². The first-order valence-electron chi connectivity index (χ1n) is 7.53. The van der Waals surface area contributed by atoms with E-state index < -0.39 is 0 Å². The van der Waals surface area contributed by atoms with Crippen LogP contribution in [0.15, 0.2) is 18.5 Å². The highest BCUT2D eigenvalue weighted by atomic mass is 15.3. The van der Waals surface area contributed by atoms with Gasteiger partial charge in [0.25, 0.3) is 0 Å². The van der Waals surface area contributed by atoms with Gasteiger partial charge in [-0.3, -0.25) is 0 Å². The van der Waals surface area contributed by atoms with Gasteiger partial charge in [-0.1, -0.05) is 0 Å². The Hall–Kier alpha value is -1.91. The van der Waals surface area contributed by atoms with Crippen LogP contribution in [-0.2, 0) is 12.8 Å². The average molecular weight is 269 g/mol. The van der Waals surface area contributed by atoms with Gasteiger partial charge in [0.2, 0.25) is 5.95 Å². The fourth-order valence-electron chi connectivity index (χ4n) is 3.36. The van der Waals surface area contributed by atoms with Gasteiger partial charge < -0.3 is 9.88 Å². The Bertz CT molecular complexity index is 568. The van der Waals surface area contributed by atoms with Crippen molar-refractivity contribution < 1.29 is 0 Å². The summed E-state index contributed by atoms with van der Waals surface area (Å²) in [5.74, 6) is 1.94.